The fourth-order valence-corrected chi connectivity index (χ4v) is 2.25. The van der Waals surface area contributed by atoms with Gasteiger partial charge in [-0.15, -0.1) is 0 Å². The number of ether oxygens (including phenoxy) is 1. The normalized spacial score (nSPS) is 11.4. The van der Waals surface area contributed by atoms with Crippen molar-refractivity contribution in [2.75, 3.05) is 7.11 Å². The second kappa shape index (κ2) is 6.74. The Morgan fingerprint density at radius 2 is 2.17 bits per heavy atom. The van der Waals surface area contributed by atoms with Crippen LogP contribution < -0.4 is 0 Å². The Balaban J connectivity index is 1.83. The van der Waals surface area contributed by atoms with Gasteiger partial charge in [-0.25, -0.2) is 9.78 Å². The third-order valence-electron chi connectivity index (χ3n) is 3.43. The van der Waals surface area contributed by atoms with Crippen LogP contribution in [0.15, 0.2) is 55.4 Å². The maximum Gasteiger partial charge on any atom is 0.338 e. The molecule has 2 heterocycles. The van der Waals surface area contributed by atoms with Crippen LogP contribution >= 0.6 is 0 Å². The quantitative estimate of drug-likeness (QED) is 0.580. The van der Waals surface area contributed by atoms with Crippen molar-refractivity contribution in [3.05, 3.63) is 72.1 Å². The number of hydrogen-bond donors (Lipinski definition) is 1. The van der Waals surface area contributed by atoms with E-state index in [1.54, 1.807) is 31.0 Å². The zero-order valence-corrected chi connectivity index (χ0v) is 12.6. The Kier molecular flexibility index (Phi) is 4.33. The Bertz CT molecular complexity index is 788. The number of rotatable bonds is 5. The highest BCUT2D eigenvalue weighted by Gasteiger charge is 2.13. The van der Waals surface area contributed by atoms with E-state index in [2.05, 4.69) is 15.2 Å². The molecular weight excluding hydrogens is 292 g/mol. The van der Waals surface area contributed by atoms with Gasteiger partial charge in [0.2, 0.25) is 0 Å². The van der Waals surface area contributed by atoms with Crippen molar-refractivity contribution < 1.29 is 9.53 Å². The van der Waals surface area contributed by atoms with E-state index >= 15 is 0 Å². The van der Waals surface area contributed by atoms with E-state index in [1.165, 1.54) is 7.11 Å². The first-order chi connectivity index (χ1) is 11.3. The molecule has 0 saturated carbocycles. The number of H-pyrrole nitrogens is 1. The van der Waals surface area contributed by atoms with Crippen molar-refractivity contribution in [3.8, 4) is 0 Å². The molecule has 116 valence electrons. The molecule has 0 unspecified atom stereocenters. The highest BCUT2D eigenvalue weighted by Crippen LogP contribution is 2.19. The molecule has 23 heavy (non-hydrogen) atoms. The number of hydrogen-bond acceptors (Lipinski definition) is 4. The van der Waals surface area contributed by atoms with E-state index < -0.39 is 5.97 Å². The fraction of sp³-hybridized carbons (Fsp3) is 0.118. The average Bonchev–Trinajstić information content (AvgIpc) is 3.27. The van der Waals surface area contributed by atoms with Crippen molar-refractivity contribution in [2.45, 2.75) is 6.54 Å². The molecule has 0 radical (unpaired) electrons. The number of carbonyl (C=O) groups is 1. The van der Waals surface area contributed by atoms with Crippen LogP contribution in [0.3, 0.4) is 0 Å². The molecular formula is C17H16N4O2. The standard InChI is InChI=1S/C17H16N4O2/c1-23-17(22)16(15-9-19-20-10-15)8-13-2-4-14(5-3-13)11-21-7-6-18-12-21/h2-10,12H,11H2,1H3,(H,19,20)/b16-8+. The lowest BCUT2D eigenvalue weighted by Gasteiger charge is -2.05. The molecule has 3 rings (SSSR count). The summed E-state index contributed by atoms with van der Waals surface area (Å²) in [5.41, 5.74) is 3.23. The second-order valence-electron chi connectivity index (χ2n) is 5.01. The molecule has 0 atom stereocenters. The summed E-state index contributed by atoms with van der Waals surface area (Å²) in [6.45, 7) is 0.760. The lowest BCUT2D eigenvalue weighted by Crippen LogP contribution is -2.03. The monoisotopic (exact) mass is 308 g/mol. The van der Waals surface area contributed by atoms with Gasteiger partial charge in [-0.2, -0.15) is 5.10 Å². The van der Waals surface area contributed by atoms with Gasteiger partial charge in [0.1, 0.15) is 0 Å². The molecule has 3 aromatic rings. The molecule has 0 aliphatic rings. The SMILES string of the molecule is COC(=O)/C(=C/c1ccc(Cn2ccnc2)cc1)c1cn[nH]c1. The maximum atomic E-state index is 12.0. The van der Waals surface area contributed by atoms with E-state index in [0.29, 0.717) is 11.1 Å². The van der Waals surface area contributed by atoms with Crippen molar-refractivity contribution in [1.29, 1.82) is 0 Å². The summed E-state index contributed by atoms with van der Waals surface area (Å²) >= 11 is 0. The van der Waals surface area contributed by atoms with Gasteiger partial charge < -0.3 is 9.30 Å². The van der Waals surface area contributed by atoms with Gasteiger partial charge in [-0.3, -0.25) is 5.10 Å². The minimum absolute atomic E-state index is 0.395. The minimum atomic E-state index is -0.395. The number of carbonyl (C=O) groups excluding carboxylic acids is 1. The fourth-order valence-electron chi connectivity index (χ4n) is 2.25. The molecule has 2 aromatic heterocycles. The van der Waals surface area contributed by atoms with Crippen LogP contribution in [0.5, 0.6) is 0 Å². The Hall–Kier alpha value is -3.15. The van der Waals surface area contributed by atoms with Crippen LogP contribution in [0, 0.1) is 0 Å². The largest absolute Gasteiger partial charge is 0.465 e. The van der Waals surface area contributed by atoms with Crippen LogP contribution in [0.1, 0.15) is 16.7 Å². The molecule has 0 spiro atoms. The predicted octanol–water partition coefficient (Wildman–Crippen LogP) is 2.37. The summed E-state index contributed by atoms with van der Waals surface area (Å²) < 4.78 is 6.84. The summed E-state index contributed by atoms with van der Waals surface area (Å²) in [5.74, 6) is -0.395. The van der Waals surface area contributed by atoms with Crippen LogP contribution in [-0.2, 0) is 16.1 Å². The molecule has 6 heteroatoms. The van der Waals surface area contributed by atoms with Gasteiger partial charge in [0, 0.05) is 30.7 Å². The first kappa shape index (κ1) is 14.8. The molecule has 1 aromatic carbocycles. The van der Waals surface area contributed by atoms with E-state index in [1.807, 2.05) is 35.0 Å². The first-order valence-electron chi connectivity index (χ1n) is 7.10. The van der Waals surface area contributed by atoms with Crippen molar-refractivity contribution in [2.24, 2.45) is 0 Å². The van der Waals surface area contributed by atoms with Crippen LogP contribution in [-0.4, -0.2) is 32.8 Å². The Labute approximate surface area is 133 Å². The molecule has 0 fully saturated rings. The molecule has 0 amide bonds. The maximum absolute atomic E-state index is 12.0. The van der Waals surface area contributed by atoms with Crippen molar-refractivity contribution in [3.63, 3.8) is 0 Å². The lowest BCUT2D eigenvalue weighted by molar-refractivity contribution is -0.133. The van der Waals surface area contributed by atoms with Crippen molar-refractivity contribution in [1.82, 2.24) is 19.7 Å². The van der Waals surface area contributed by atoms with Crippen LogP contribution in [0.25, 0.3) is 11.6 Å². The molecule has 1 N–H and O–H groups in total. The highest BCUT2D eigenvalue weighted by molar-refractivity contribution is 6.21. The highest BCUT2D eigenvalue weighted by atomic mass is 16.5. The van der Waals surface area contributed by atoms with Crippen LogP contribution in [0.4, 0.5) is 0 Å². The Morgan fingerprint density at radius 1 is 1.35 bits per heavy atom. The Morgan fingerprint density at radius 3 is 2.78 bits per heavy atom. The average molecular weight is 308 g/mol. The molecule has 0 bridgehead atoms. The lowest BCUT2D eigenvalue weighted by atomic mass is 10.0. The zero-order chi connectivity index (χ0) is 16.1. The van der Waals surface area contributed by atoms with Gasteiger partial charge in [-0.05, 0) is 17.2 Å². The van der Waals surface area contributed by atoms with Gasteiger partial charge in [0.15, 0.2) is 0 Å². The number of nitrogens with zero attached hydrogens (tertiary/aromatic N) is 3. The van der Waals surface area contributed by atoms with Crippen molar-refractivity contribution >= 4 is 17.6 Å². The number of benzene rings is 1. The summed E-state index contributed by atoms with van der Waals surface area (Å²) in [5, 5.41) is 6.58. The topological polar surface area (TPSA) is 72.8 Å². The van der Waals surface area contributed by atoms with Gasteiger partial charge >= 0.3 is 5.97 Å². The molecule has 0 saturated heterocycles. The third-order valence-corrected chi connectivity index (χ3v) is 3.43. The summed E-state index contributed by atoms with van der Waals surface area (Å²) in [4.78, 5) is 16.0. The van der Waals surface area contributed by atoms with E-state index in [9.17, 15) is 4.79 Å². The second-order valence-corrected chi connectivity index (χ2v) is 5.01. The number of nitrogens with one attached hydrogen (secondary N) is 1. The third kappa shape index (κ3) is 3.55. The summed E-state index contributed by atoms with van der Waals surface area (Å²) in [6.07, 6.45) is 10.5. The zero-order valence-electron chi connectivity index (χ0n) is 12.6. The van der Waals surface area contributed by atoms with Gasteiger partial charge in [0.25, 0.3) is 0 Å². The number of aromatic nitrogens is 4. The predicted molar refractivity (Wildman–Crippen MR) is 86.2 cm³/mol. The minimum Gasteiger partial charge on any atom is -0.465 e. The van der Waals surface area contributed by atoms with Gasteiger partial charge in [0.05, 0.1) is 25.2 Å². The van der Waals surface area contributed by atoms with Crippen LogP contribution in [0.2, 0.25) is 0 Å². The van der Waals surface area contributed by atoms with E-state index in [0.717, 1.165) is 17.7 Å². The van der Waals surface area contributed by atoms with E-state index in [-0.39, 0.29) is 0 Å². The van der Waals surface area contributed by atoms with E-state index in [4.69, 9.17) is 4.74 Å². The number of imidazole rings is 1. The number of esters is 1. The van der Waals surface area contributed by atoms with Gasteiger partial charge in [-0.1, -0.05) is 24.3 Å². The molecule has 6 nitrogen and oxygen atoms in total. The first-order valence-corrected chi connectivity index (χ1v) is 7.10. The summed E-state index contributed by atoms with van der Waals surface area (Å²) in [7, 11) is 1.37. The molecule has 0 aliphatic carbocycles. The summed E-state index contributed by atoms with van der Waals surface area (Å²) in [6, 6.07) is 7.98. The number of aromatic amines is 1. The smallest absolute Gasteiger partial charge is 0.338 e. The molecule has 0 aliphatic heterocycles. The number of methoxy groups -OCH3 is 1.